The quantitative estimate of drug-likeness (QED) is 0.786. The molecule has 0 saturated heterocycles. The summed E-state index contributed by atoms with van der Waals surface area (Å²) in [5.74, 6) is 2.60. The van der Waals surface area contributed by atoms with Gasteiger partial charge < -0.3 is 10.1 Å². The number of hydrogen-bond acceptors (Lipinski definition) is 2. The lowest BCUT2D eigenvalue weighted by Gasteiger charge is -2.35. The first-order valence-corrected chi connectivity index (χ1v) is 8.09. The van der Waals surface area contributed by atoms with Crippen molar-refractivity contribution in [1.82, 2.24) is 5.32 Å². The summed E-state index contributed by atoms with van der Waals surface area (Å²) in [6.07, 6.45) is 5.49. The van der Waals surface area contributed by atoms with Crippen LogP contribution in [0.5, 0.6) is 5.75 Å². The zero-order chi connectivity index (χ0) is 14.4. The highest BCUT2D eigenvalue weighted by Gasteiger charge is 2.26. The Morgan fingerprint density at radius 2 is 2.05 bits per heavy atom. The molecule has 1 N–H and O–H groups in total. The van der Waals surface area contributed by atoms with Gasteiger partial charge in [0.2, 0.25) is 0 Å². The molecule has 1 fully saturated rings. The lowest BCUT2D eigenvalue weighted by atomic mass is 9.78. The molecule has 1 aromatic carbocycles. The molecule has 0 radical (unpaired) electrons. The maximum Gasteiger partial charge on any atom is 0.119 e. The predicted octanol–water partition coefficient (Wildman–Crippen LogP) is 4.18. The Hall–Kier alpha value is -1.02. The lowest BCUT2D eigenvalue weighted by Crippen LogP contribution is -2.42. The maximum atomic E-state index is 5.81. The molecule has 2 heteroatoms. The largest absolute Gasteiger partial charge is 0.492 e. The van der Waals surface area contributed by atoms with Crippen LogP contribution in [0.2, 0.25) is 0 Å². The Balaban J connectivity index is 1.72. The SMILES string of the molecule is Cc1cccc(OCCNC2CCCCC2C(C)C)c1. The van der Waals surface area contributed by atoms with Crippen molar-refractivity contribution in [3.63, 3.8) is 0 Å². The fraction of sp³-hybridized carbons (Fsp3) is 0.667. The summed E-state index contributed by atoms with van der Waals surface area (Å²) >= 11 is 0. The van der Waals surface area contributed by atoms with Crippen LogP contribution in [-0.4, -0.2) is 19.2 Å². The van der Waals surface area contributed by atoms with Gasteiger partial charge in [0.25, 0.3) is 0 Å². The molecule has 0 aromatic heterocycles. The van der Waals surface area contributed by atoms with E-state index >= 15 is 0 Å². The highest BCUT2D eigenvalue weighted by atomic mass is 16.5. The van der Waals surface area contributed by atoms with Gasteiger partial charge in [0, 0.05) is 12.6 Å². The van der Waals surface area contributed by atoms with Crippen LogP contribution >= 0.6 is 0 Å². The van der Waals surface area contributed by atoms with Crippen LogP contribution in [0.3, 0.4) is 0 Å². The van der Waals surface area contributed by atoms with Crippen molar-refractivity contribution in [2.75, 3.05) is 13.2 Å². The van der Waals surface area contributed by atoms with E-state index in [4.69, 9.17) is 4.74 Å². The standard InChI is InChI=1S/C18H29NO/c1-14(2)17-9-4-5-10-18(17)19-11-12-20-16-8-6-7-15(3)13-16/h6-8,13-14,17-19H,4-5,9-12H2,1-3H3. The number of aryl methyl sites for hydroxylation is 1. The molecule has 2 unspecified atom stereocenters. The molecule has 2 nitrogen and oxygen atoms in total. The molecular weight excluding hydrogens is 246 g/mol. The van der Waals surface area contributed by atoms with Gasteiger partial charge in [-0.15, -0.1) is 0 Å². The molecule has 1 aliphatic carbocycles. The van der Waals surface area contributed by atoms with Gasteiger partial charge in [0.05, 0.1) is 0 Å². The van der Waals surface area contributed by atoms with Gasteiger partial charge in [0.15, 0.2) is 0 Å². The first kappa shape index (κ1) is 15.4. The Morgan fingerprint density at radius 1 is 1.25 bits per heavy atom. The highest BCUT2D eigenvalue weighted by molar-refractivity contribution is 5.27. The topological polar surface area (TPSA) is 21.3 Å². The third-order valence-electron chi connectivity index (χ3n) is 4.44. The molecule has 1 saturated carbocycles. The Kier molecular flexibility index (Phi) is 5.90. The van der Waals surface area contributed by atoms with Crippen LogP contribution in [0.1, 0.15) is 45.1 Å². The molecular formula is C18H29NO. The molecule has 112 valence electrons. The van der Waals surface area contributed by atoms with E-state index in [0.29, 0.717) is 6.04 Å². The molecule has 20 heavy (non-hydrogen) atoms. The first-order valence-electron chi connectivity index (χ1n) is 8.09. The second-order valence-corrected chi connectivity index (χ2v) is 6.42. The van der Waals surface area contributed by atoms with Gasteiger partial charge in [-0.1, -0.05) is 38.8 Å². The van der Waals surface area contributed by atoms with Crippen molar-refractivity contribution in [3.05, 3.63) is 29.8 Å². The zero-order valence-corrected chi connectivity index (χ0v) is 13.2. The van der Waals surface area contributed by atoms with Crippen LogP contribution in [0, 0.1) is 18.8 Å². The summed E-state index contributed by atoms with van der Waals surface area (Å²) < 4.78 is 5.81. The van der Waals surface area contributed by atoms with Crippen LogP contribution < -0.4 is 10.1 Å². The van der Waals surface area contributed by atoms with E-state index < -0.39 is 0 Å². The molecule has 2 atom stereocenters. The minimum Gasteiger partial charge on any atom is -0.492 e. The fourth-order valence-electron chi connectivity index (χ4n) is 3.33. The molecule has 1 aliphatic rings. The normalized spacial score (nSPS) is 23.0. The minimum atomic E-state index is 0.685. The summed E-state index contributed by atoms with van der Waals surface area (Å²) in [4.78, 5) is 0. The van der Waals surface area contributed by atoms with E-state index in [2.05, 4.69) is 38.2 Å². The van der Waals surface area contributed by atoms with Gasteiger partial charge in [-0.25, -0.2) is 0 Å². The molecule has 0 bridgehead atoms. The molecule has 0 spiro atoms. The summed E-state index contributed by atoms with van der Waals surface area (Å²) in [6, 6.07) is 8.96. The van der Waals surface area contributed by atoms with Crippen molar-refractivity contribution in [2.45, 2.75) is 52.5 Å². The Bertz CT molecular complexity index is 402. The van der Waals surface area contributed by atoms with Crippen molar-refractivity contribution < 1.29 is 4.74 Å². The van der Waals surface area contributed by atoms with Crippen molar-refractivity contribution in [3.8, 4) is 5.75 Å². The second kappa shape index (κ2) is 7.68. The average Bonchev–Trinajstić information content (AvgIpc) is 2.44. The van der Waals surface area contributed by atoms with Crippen LogP contribution in [0.4, 0.5) is 0 Å². The third-order valence-corrected chi connectivity index (χ3v) is 4.44. The van der Waals surface area contributed by atoms with Crippen LogP contribution in [0.15, 0.2) is 24.3 Å². The predicted molar refractivity (Wildman–Crippen MR) is 85.3 cm³/mol. The second-order valence-electron chi connectivity index (χ2n) is 6.42. The number of ether oxygens (including phenoxy) is 1. The Morgan fingerprint density at radius 3 is 2.80 bits per heavy atom. The van der Waals surface area contributed by atoms with Gasteiger partial charge in [-0.2, -0.15) is 0 Å². The summed E-state index contributed by atoms with van der Waals surface area (Å²) in [5, 5.41) is 3.71. The molecule has 0 heterocycles. The van der Waals surface area contributed by atoms with E-state index in [9.17, 15) is 0 Å². The summed E-state index contributed by atoms with van der Waals surface area (Å²) in [7, 11) is 0. The summed E-state index contributed by atoms with van der Waals surface area (Å²) in [6.45, 7) is 8.51. The number of hydrogen-bond donors (Lipinski definition) is 1. The van der Waals surface area contributed by atoms with Crippen LogP contribution in [0.25, 0.3) is 0 Å². The molecule has 1 aromatic rings. The van der Waals surface area contributed by atoms with Gasteiger partial charge in [-0.3, -0.25) is 0 Å². The molecule has 0 amide bonds. The number of rotatable bonds is 6. The minimum absolute atomic E-state index is 0.685. The smallest absolute Gasteiger partial charge is 0.119 e. The summed E-state index contributed by atoms with van der Waals surface area (Å²) in [5.41, 5.74) is 1.25. The lowest BCUT2D eigenvalue weighted by molar-refractivity contribution is 0.195. The van der Waals surface area contributed by atoms with Gasteiger partial charge in [0.1, 0.15) is 12.4 Å². The van der Waals surface area contributed by atoms with Gasteiger partial charge >= 0.3 is 0 Å². The Labute approximate surface area is 123 Å². The van der Waals surface area contributed by atoms with Crippen molar-refractivity contribution in [1.29, 1.82) is 0 Å². The highest BCUT2D eigenvalue weighted by Crippen LogP contribution is 2.30. The maximum absolute atomic E-state index is 5.81. The van der Waals surface area contributed by atoms with E-state index in [-0.39, 0.29) is 0 Å². The fourth-order valence-corrected chi connectivity index (χ4v) is 3.33. The zero-order valence-electron chi connectivity index (χ0n) is 13.2. The molecule has 0 aliphatic heterocycles. The monoisotopic (exact) mass is 275 g/mol. The van der Waals surface area contributed by atoms with Crippen LogP contribution in [-0.2, 0) is 0 Å². The van der Waals surface area contributed by atoms with E-state index in [1.54, 1.807) is 0 Å². The van der Waals surface area contributed by atoms with Crippen molar-refractivity contribution >= 4 is 0 Å². The van der Waals surface area contributed by atoms with E-state index in [1.807, 2.05) is 12.1 Å². The average molecular weight is 275 g/mol. The number of benzene rings is 1. The van der Waals surface area contributed by atoms with Gasteiger partial charge in [-0.05, 0) is 49.3 Å². The first-order chi connectivity index (χ1) is 9.66. The van der Waals surface area contributed by atoms with E-state index in [1.165, 1.54) is 31.2 Å². The third kappa shape index (κ3) is 4.52. The molecule has 2 rings (SSSR count). The number of nitrogens with one attached hydrogen (secondary N) is 1. The van der Waals surface area contributed by atoms with Crippen molar-refractivity contribution in [2.24, 2.45) is 11.8 Å². The van der Waals surface area contributed by atoms with E-state index in [0.717, 1.165) is 30.7 Å².